The van der Waals surface area contributed by atoms with Crippen LogP contribution in [0.5, 0.6) is 0 Å². The van der Waals surface area contributed by atoms with Crippen molar-refractivity contribution in [3.05, 3.63) is 89.0 Å². The Morgan fingerprint density at radius 1 is 1.18 bits per heavy atom. The van der Waals surface area contributed by atoms with Gasteiger partial charge in [-0.1, -0.05) is 30.3 Å². The van der Waals surface area contributed by atoms with E-state index < -0.39 is 17.8 Å². The number of benzene rings is 1. The number of piperidine rings is 1. The summed E-state index contributed by atoms with van der Waals surface area (Å²) in [6, 6.07) is 8.49. The normalized spacial score (nSPS) is 14.4. The number of pyridine rings is 1. The first-order chi connectivity index (χ1) is 18.7. The van der Waals surface area contributed by atoms with Crippen molar-refractivity contribution in [3.63, 3.8) is 0 Å². The molecule has 0 spiro atoms. The number of alkyl halides is 3. The number of fused-ring (bicyclic) bond motifs is 1. The number of aromatic nitrogens is 4. The van der Waals surface area contributed by atoms with Gasteiger partial charge in [-0.15, -0.1) is 0 Å². The number of hydrogen-bond acceptors (Lipinski definition) is 5. The van der Waals surface area contributed by atoms with Crippen LogP contribution in [-0.2, 0) is 12.7 Å². The largest absolute Gasteiger partial charge is 0.418 e. The molecule has 0 radical (unpaired) electrons. The fraction of sp³-hybridized carbons (Fsp3) is 0.259. The van der Waals surface area contributed by atoms with Gasteiger partial charge in [0.15, 0.2) is 5.65 Å². The lowest BCUT2D eigenvalue weighted by Crippen LogP contribution is -2.41. The highest BCUT2D eigenvalue weighted by Crippen LogP contribution is 2.37. The molecule has 39 heavy (non-hydrogen) atoms. The topological polar surface area (TPSA) is 87.5 Å². The minimum absolute atomic E-state index is 0.0480. The maximum atomic E-state index is 13.4. The van der Waals surface area contributed by atoms with Gasteiger partial charge in [-0.3, -0.25) is 4.98 Å². The third kappa shape index (κ3) is 5.83. The minimum Gasteiger partial charge on any atom is -0.366 e. The second-order valence-electron chi connectivity index (χ2n) is 9.20. The summed E-state index contributed by atoms with van der Waals surface area (Å²) < 4.78 is 42.0. The second-order valence-corrected chi connectivity index (χ2v) is 9.64. The van der Waals surface area contributed by atoms with Gasteiger partial charge < -0.3 is 15.5 Å². The molecule has 1 aromatic carbocycles. The van der Waals surface area contributed by atoms with E-state index in [2.05, 4.69) is 27.3 Å². The van der Waals surface area contributed by atoms with E-state index in [0.717, 1.165) is 34.8 Å². The molecule has 2 N–H and O–H groups in total. The Morgan fingerprint density at radius 3 is 2.67 bits per heavy atom. The highest BCUT2D eigenvalue weighted by Gasteiger charge is 2.35. The van der Waals surface area contributed by atoms with Crippen LogP contribution >= 0.6 is 11.6 Å². The van der Waals surface area contributed by atoms with Gasteiger partial charge in [0, 0.05) is 60.3 Å². The van der Waals surface area contributed by atoms with Crippen molar-refractivity contribution in [1.82, 2.24) is 24.5 Å². The number of carbonyl (C=O) groups is 1. The summed E-state index contributed by atoms with van der Waals surface area (Å²) in [5, 5.41) is 10.2. The van der Waals surface area contributed by atoms with Gasteiger partial charge in [0.1, 0.15) is 5.82 Å². The van der Waals surface area contributed by atoms with Crippen molar-refractivity contribution in [1.29, 1.82) is 0 Å². The average Bonchev–Trinajstić information content (AvgIpc) is 3.36. The van der Waals surface area contributed by atoms with Crippen LogP contribution < -0.4 is 10.6 Å². The summed E-state index contributed by atoms with van der Waals surface area (Å²) in [5.74, 6) is 0.807. The maximum absolute atomic E-state index is 13.4. The molecule has 1 aliphatic rings. The van der Waals surface area contributed by atoms with Crippen LogP contribution in [0.1, 0.15) is 41.1 Å². The Bertz CT molecular complexity index is 1500. The van der Waals surface area contributed by atoms with Gasteiger partial charge in [0.25, 0.3) is 0 Å². The van der Waals surface area contributed by atoms with Crippen molar-refractivity contribution < 1.29 is 18.0 Å². The molecule has 1 aliphatic heterocycles. The first-order valence-corrected chi connectivity index (χ1v) is 12.7. The molecule has 12 heteroatoms. The number of amides is 2. The van der Waals surface area contributed by atoms with E-state index >= 15 is 0 Å². The van der Waals surface area contributed by atoms with Gasteiger partial charge in [-0.25, -0.2) is 9.78 Å². The minimum atomic E-state index is -4.65. The van der Waals surface area contributed by atoms with Gasteiger partial charge in [0.2, 0.25) is 0 Å². The lowest BCUT2D eigenvalue weighted by Gasteiger charge is -2.32. The molecule has 5 rings (SSSR count). The van der Waals surface area contributed by atoms with Gasteiger partial charge >= 0.3 is 12.2 Å². The van der Waals surface area contributed by atoms with Crippen molar-refractivity contribution in [2.45, 2.75) is 31.5 Å². The standard InChI is InChI=1S/C27H25ClF3N7O/c1-2-18-16-34-38-24(33-15-17-4-3-9-32-14-17)13-23(35-25(18)38)19-7-10-37(11-8-19)26(39)36-22-6-5-20(28)12-21(22)27(29,30)31/h2-6,9,12-14,16,19,33H,1,7-8,10-11,15H2,(H,36,39). The van der Waals surface area contributed by atoms with Gasteiger partial charge in [0.05, 0.1) is 17.4 Å². The average molecular weight is 556 g/mol. The van der Waals surface area contributed by atoms with E-state index in [-0.39, 0.29) is 16.6 Å². The molecule has 0 aliphatic carbocycles. The molecule has 0 bridgehead atoms. The molecule has 4 heterocycles. The number of anilines is 2. The number of halogens is 4. The summed E-state index contributed by atoms with van der Waals surface area (Å²) in [7, 11) is 0. The molecule has 4 aromatic rings. The number of urea groups is 1. The highest BCUT2D eigenvalue weighted by molar-refractivity contribution is 6.30. The van der Waals surface area contributed by atoms with Crippen LogP contribution in [0, 0.1) is 0 Å². The third-order valence-electron chi connectivity index (χ3n) is 6.66. The van der Waals surface area contributed by atoms with Crippen molar-refractivity contribution in [2.24, 2.45) is 0 Å². The van der Waals surface area contributed by atoms with Gasteiger partial charge in [-0.05, 0) is 42.7 Å². The first-order valence-electron chi connectivity index (χ1n) is 12.3. The lowest BCUT2D eigenvalue weighted by atomic mass is 9.93. The molecule has 1 fully saturated rings. The Balaban J connectivity index is 1.31. The molecule has 202 valence electrons. The van der Waals surface area contributed by atoms with Crippen LogP contribution in [0.25, 0.3) is 11.7 Å². The predicted molar refractivity (Wildman–Crippen MR) is 144 cm³/mol. The maximum Gasteiger partial charge on any atom is 0.418 e. The van der Waals surface area contributed by atoms with E-state index in [1.165, 1.54) is 11.0 Å². The van der Waals surface area contributed by atoms with Crippen molar-refractivity contribution >= 4 is 40.9 Å². The van der Waals surface area contributed by atoms with E-state index in [1.807, 2.05) is 18.2 Å². The fourth-order valence-electron chi connectivity index (χ4n) is 4.61. The molecule has 1 saturated heterocycles. The zero-order valence-corrected chi connectivity index (χ0v) is 21.5. The van der Waals surface area contributed by atoms with Crippen LogP contribution in [0.3, 0.4) is 0 Å². The van der Waals surface area contributed by atoms with Crippen molar-refractivity contribution in [3.8, 4) is 0 Å². The monoisotopic (exact) mass is 555 g/mol. The highest BCUT2D eigenvalue weighted by atomic mass is 35.5. The SMILES string of the molecule is C=Cc1cnn2c(NCc3cccnc3)cc(C3CCN(C(=O)Nc4ccc(Cl)cc4C(F)(F)F)CC3)nc12. The summed E-state index contributed by atoms with van der Waals surface area (Å²) >= 11 is 5.75. The van der Waals surface area contributed by atoms with Crippen LogP contribution in [0.2, 0.25) is 5.02 Å². The van der Waals surface area contributed by atoms with E-state index in [4.69, 9.17) is 16.6 Å². The summed E-state index contributed by atoms with van der Waals surface area (Å²) in [6.07, 6.45) is 3.45. The second kappa shape index (κ2) is 10.9. The molecule has 0 unspecified atom stereocenters. The summed E-state index contributed by atoms with van der Waals surface area (Å²) in [4.78, 5) is 23.3. The number of carbonyl (C=O) groups excluding carboxylic acids is 1. The molecule has 0 saturated carbocycles. The fourth-order valence-corrected chi connectivity index (χ4v) is 4.78. The predicted octanol–water partition coefficient (Wildman–Crippen LogP) is 6.46. The molecule has 8 nitrogen and oxygen atoms in total. The van der Waals surface area contributed by atoms with Crippen LogP contribution in [0.15, 0.2) is 61.6 Å². The molecular formula is C27H25ClF3N7O. The molecule has 2 amide bonds. The quantitative estimate of drug-likeness (QED) is 0.285. The number of nitrogens with one attached hydrogen (secondary N) is 2. The zero-order chi connectivity index (χ0) is 27.6. The first kappa shape index (κ1) is 26.5. The molecule has 3 aromatic heterocycles. The van der Waals surface area contributed by atoms with Gasteiger partial charge in [-0.2, -0.15) is 22.8 Å². The summed E-state index contributed by atoms with van der Waals surface area (Å²) in [6.45, 7) is 5.13. The van der Waals surface area contributed by atoms with Crippen LogP contribution in [0.4, 0.5) is 29.5 Å². The summed E-state index contributed by atoms with van der Waals surface area (Å²) in [5.41, 5.74) is 2.00. The Hall–Kier alpha value is -4.12. The Morgan fingerprint density at radius 2 is 1.97 bits per heavy atom. The van der Waals surface area contributed by atoms with Crippen LogP contribution in [-0.4, -0.2) is 43.6 Å². The smallest absolute Gasteiger partial charge is 0.366 e. The zero-order valence-electron chi connectivity index (χ0n) is 20.7. The van der Waals surface area contributed by atoms with E-state index in [9.17, 15) is 18.0 Å². The lowest BCUT2D eigenvalue weighted by molar-refractivity contribution is -0.136. The molecular weight excluding hydrogens is 531 g/mol. The van der Waals surface area contributed by atoms with E-state index in [0.29, 0.717) is 38.1 Å². The molecule has 0 atom stereocenters. The Kier molecular flexibility index (Phi) is 7.42. The third-order valence-corrected chi connectivity index (χ3v) is 6.90. The number of rotatable bonds is 6. The van der Waals surface area contributed by atoms with E-state index in [1.54, 1.807) is 29.2 Å². The Labute approximate surface area is 227 Å². The van der Waals surface area contributed by atoms with Crippen molar-refractivity contribution in [2.75, 3.05) is 23.7 Å². The number of nitrogens with zero attached hydrogens (tertiary/aromatic N) is 5. The number of hydrogen-bond donors (Lipinski definition) is 2. The number of likely N-dealkylation sites (tertiary alicyclic amines) is 1.